The molecule has 8 bridgehead atoms. The van der Waals surface area contributed by atoms with E-state index in [-0.39, 0.29) is 66.2 Å². The number of aryl methyl sites for hydroxylation is 3. The van der Waals surface area contributed by atoms with Gasteiger partial charge in [-0.05, 0) is 123 Å². The van der Waals surface area contributed by atoms with Crippen LogP contribution >= 0.6 is 0 Å². The van der Waals surface area contributed by atoms with Gasteiger partial charge < -0.3 is 24.3 Å². The van der Waals surface area contributed by atoms with Crippen molar-refractivity contribution in [3.05, 3.63) is 123 Å². The summed E-state index contributed by atoms with van der Waals surface area (Å²) in [6, 6.07) is 16.1. The second kappa shape index (κ2) is 28.0. The van der Waals surface area contributed by atoms with Crippen LogP contribution < -0.4 is 0 Å². The molecule has 1 aromatic carbocycles. The van der Waals surface area contributed by atoms with Crippen molar-refractivity contribution in [3.8, 4) is 0 Å². The molecule has 0 radical (unpaired) electrons. The summed E-state index contributed by atoms with van der Waals surface area (Å²) in [5.74, 6) is 0.794. The van der Waals surface area contributed by atoms with Crippen LogP contribution in [0.15, 0.2) is 66.8 Å². The maximum Gasteiger partial charge on any atom is 2.00 e. The van der Waals surface area contributed by atoms with Crippen LogP contribution in [0.1, 0.15) is 194 Å². The Bertz CT molecular complexity index is 2840. The number of carbonyl (C=O) groups is 3. The predicted octanol–water partition coefficient (Wildman–Crippen LogP) is 14.7. The number of benzene rings is 1. The number of carbonyl (C=O) groups excluding carboxylic acids is 3. The van der Waals surface area contributed by atoms with Crippen molar-refractivity contribution >= 4 is 80.2 Å². The molecule has 0 saturated carbocycles. The Kier molecular flexibility index (Phi) is 22.6. The normalized spacial score (nSPS) is 15.4. The average Bonchev–Trinajstić information content (AvgIpc) is 4.04. The van der Waals surface area contributed by atoms with Crippen LogP contribution in [-0.2, 0) is 43.2 Å². The number of nitrogens with zero attached hydrogens (tertiary/aromatic N) is 3. The molecule has 10 nitrogen and oxygen atoms in total. The van der Waals surface area contributed by atoms with Gasteiger partial charge in [0.15, 0.2) is 0 Å². The summed E-state index contributed by atoms with van der Waals surface area (Å²) in [4.78, 5) is 62.1. The second-order valence-electron chi connectivity index (χ2n) is 21.7. The minimum atomic E-state index is -0.486. The van der Waals surface area contributed by atoms with E-state index in [9.17, 15) is 14.4 Å². The van der Waals surface area contributed by atoms with E-state index < -0.39 is 5.97 Å². The molecule has 0 saturated heterocycles. The number of allylic oxidation sites excluding steroid dienone is 2. The first kappa shape index (κ1) is 59.6. The Morgan fingerprint density at radius 2 is 1.46 bits per heavy atom. The first-order valence-electron chi connectivity index (χ1n) is 27.2. The number of aromatic nitrogens is 4. The smallest absolute Gasteiger partial charge is 0.469 e. The van der Waals surface area contributed by atoms with Crippen molar-refractivity contribution in [3.63, 3.8) is 0 Å². The van der Waals surface area contributed by atoms with Crippen molar-refractivity contribution in [2.75, 3.05) is 20.8 Å². The Balaban J connectivity index is 0.0000101. The van der Waals surface area contributed by atoms with Gasteiger partial charge in [-0.3, -0.25) is 19.4 Å². The van der Waals surface area contributed by atoms with Crippen LogP contribution in [0.4, 0.5) is 0 Å². The molecule has 5 heterocycles. The first-order chi connectivity index (χ1) is 34.9. The number of aromatic amines is 2. The van der Waals surface area contributed by atoms with Crippen LogP contribution in [0, 0.1) is 31.6 Å². The summed E-state index contributed by atoms with van der Waals surface area (Å²) in [5, 5.41) is 0. The number of amides is 1. The number of H-pyrrole nitrogens is 2. The molecule has 74 heavy (non-hydrogen) atoms. The van der Waals surface area contributed by atoms with Crippen molar-refractivity contribution < 1.29 is 23.9 Å². The number of hydrogen-bond acceptors (Lipinski definition) is 7. The fourth-order valence-electron chi connectivity index (χ4n) is 10.9. The van der Waals surface area contributed by atoms with Gasteiger partial charge in [-0.2, -0.15) is 0 Å². The van der Waals surface area contributed by atoms with Gasteiger partial charge >= 0.3 is 35.0 Å². The fraction of sp³-hybridized carbons (Fsp3) is 0.508. The van der Waals surface area contributed by atoms with E-state index in [1.165, 1.54) is 57.6 Å². The zero-order chi connectivity index (χ0) is 52.9. The number of methoxy groups -OCH3 is 1. The topological polar surface area (TPSA) is 130 Å². The summed E-state index contributed by atoms with van der Waals surface area (Å²) in [7, 11) is 3.16. The number of likely N-dealkylation sites (N-methyl/N-ethyl adjacent to an activating group) is 1. The monoisotopic (exact) mass is 1020 g/mol. The second-order valence-corrected chi connectivity index (χ2v) is 21.7. The third kappa shape index (κ3) is 15.2. The third-order valence-electron chi connectivity index (χ3n) is 15.6. The predicted molar refractivity (Wildman–Crippen MR) is 307 cm³/mol. The number of hydrogen-bond donors (Lipinski definition) is 2. The van der Waals surface area contributed by atoms with Gasteiger partial charge in [-0.15, -0.1) is 0 Å². The van der Waals surface area contributed by atoms with E-state index in [0.717, 1.165) is 86.7 Å². The van der Waals surface area contributed by atoms with Gasteiger partial charge in [0.1, 0.15) is 6.61 Å². The van der Waals surface area contributed by atoms with Crippen LogP contribution in [0.5, 0.6) is 0 Å². The number of nitrogens with one attached hydrogen (secondary N) is 2. The van der Waals surface area contributed by atoms with Crippen molar-refractivity contribution in [2.24, 2.45) is 17.8 Å². The van der Waals surface area contributed by atoms with Gasteiger partial charge in [-0.1, -0.05) is 135 Å². The number of fused-ring (bicyclic) bond motifs is 8. The molecule has 392 valence electrons. The Morgan fingerprint density at radius 3 is 2.11 bits per heavy atom. The molecule has 2 N–H and O–H groups in total. The molecule has 3 aromatic heterocycles. The fourth-order valence-corrected chi connectivity index (χ4v) is 10.9. The SMILES string of the molecule is C=Cc1c(C)c2cc3nc(c(CC(=O)OC)c4nc(cc5[nH]c(cc1[nH]2)c(C)c5CC)C(C)=C4C(=O)N(C)Cc1ccccc1)C(CCC(=O)OC/C=C(\C)CCCC(C)CCCC(C)CCCC(C)C)C3C.[Mg+2]. The van der Waals surface area contributed by atoms with E-state index in [1.807, 2.05) is 55.5 Å². The first-order valence-corrected chi connectivity index (χ1v) is 27.2. The van der Waals surface area contributed by atoms with Crippen LogP contribution in [-0.4, -0.2) is 86.5 Å². The molecule has 1 amide bonds. The summed E-state index contributed by atoms with van der Waals surface area (Å²) in [5.41, 5.74) is 14.1. The summed E-state index contributed by atoms with van der Waals surface area (Å²) < 4.78 is 11.2. The van der Waals surface area contributed by atoms with Crippen LogP contribution in [0.25, 0.3) is 39.3 Å². The molecule has 4 atom stereocenters. The minimum absolute atomic E-state index is 0. The molecule has 2 aliphatic heterocycles. The Hall–Kier alpha value is -5.26. The van der Waals surface area contributed by atoms with Gasteiger partial charge in [-0.25, -0.2) is 4.98 Å². The van der Waals surface area contributed by atoms with E-state index in [1.54, 1.807) is 11.9 Å². The summed E-state index contributed by atoms with van der Waals surface area (Å²) >= 11 is 0. The number of ether oxygens (including phenoxy) is 2. The van der Waals surface area contributed by atoms with Crippen molar-refractivity contribution in [1.82, 2.24) is 24.8 Å². The molecule has 6 rings (SSSR count). The average molecular weight is 1020 g/mol. The molecular weight excluding hydrogens is 931 g/mol. The van der Waals surface area contributed by atoms with Gasteiger partial charge in [0.05, 0.1) is 36.2 Å². The number of rotatable bonds is 24. The van der Waals surface area contributed by atoms with Crippen LogP contribution in [0.3, 0.4) is 0 Å². The maximum absolute atomic E-state index is 15.0. The number of esters is 2. The third-order valence-corrected chi connectivity index (χ3v) is 15.6. The van der Waals surface area contributed by atoms with Crippen molar-refractivity contribution in [1.29, 1.82) is 0 Å². The standard InChI is InChI=1S/C63H85N5O5.Mg/c1-14-48-43(8)52-35-54-45(10)50(30-31-58(69)73-33-32-42(7)27-21-26-41(6)25-20-24-40(5)23-19-22-39(3)4)61(66-54)51(34-59(70)72-13)62-60(63(71)68(12)38-47-28-17-16-18-29-47)46(11)55(67-62)37-57-49(15-2)44(9)53(65-57)36-56(48)64-52;/h14,16-18,28-29,32,35-37,39-41,45,50,64-65H,1,15,19-27,30-31,33-34,38H2,2-13H3;/q;+2/b42-32+,52-35?,53-36?,54-35?,55-37?,56-36?,57-37?,61-51?,62-51?;. The maximum atomic E-state index is 15.0. The Morgan fingerprint density at radius 1 is 0.811 bits per heavy atom. The molecule has 0 spiro atoms. The Labute approximate surface area is 458 Å². The molecule has 4 aromatic rings. The van der Waals surface area contributed by atoms with E-state index in [0.29, 0.717) is 52.7 Å². The minimum Gasteiger partial charge on any atom is -0.469 e. The largest absolute Gasteiger partial charge is 2.00 e. The van der Waals surface area contributed by atoms with E-state index >= 15 is 0 Å². The van der Waals surface area contributed by atoms with Gasteiger partial charge in [0.25, 0.3) is 5.91 Å². The quantitative estimate of drug-likeness (QED) is 0.0406. The zero-order valence-corrected chi connectivity index (χ0v) is 48.5. The summed E-state index contributed by atoms with van der Waals surface area (Å²) in [6.45, 7) is 26.7. The van der Waals surface area contributed by atoms with E-state index in [4.69, 9.17) is 19.4 Å². The molecule has 2 aliphatic rings. The zero-order valence-electron chi connectivity index (χ0n) is 47.1. The van der Waals surface area contributed by atoms with Gasteiger partial charge in [0.2, 0.25) is 0 Å². The molecule has 0 aliphatic carbocycles. The summed E-state index contributed by atoms with van der Waals surface area (Å²) in [6.07, 6.45) is 16.3. The molecule has 4 unspecified atom stereocenters. The van der Waals surface area contributed by atoms with Gasteiger partial charge in [0, 0.05) is 70.7 Å². The van der Waals surface area contributed by atoms with Crippen molar-refractivity contribution in [2.45, 2.75) is 171 Å². The van der Waals surface area contributed by atoms with E-state index in [2.05, 4.69) is 91.0 Å². The molecule has 11 heteroatoms. The molecular formula is C63H85MgN5O5+2. The molecule has 0 fully saturated rings. The van der Waals surface area contributed by atoms with Crippen LogP contribution in [0.2, 0.25) is 0 Å².